The van der Waals surface area contributed by atoms with E-state index in [1.54, 1.807) is 4.57 Å². The fraction of sp³-hybridized carbons (Fsp3) is 0.500. The van der Waals surface area contributed by atoms with Gasteiger partial charge in [-0.1, -0.05) is 23.9 Å². The fourth-order valence-corrected chi connectivity index (χ4v) is 3.79. The number of hydrogen-bond acceptors (Lipinski definition) is 6. The highest BCUT2D eigenvalue weighted by Gasteiger charge is 2.13. The number of morpholine rings is 1. The Balaban J connectivity index is 1.78. The Bertz CT molecular complexity index is 809. The molecule has 25 heavy (non-hydrogen) atoms. The second-order valence-electron chi connectivity index (χ2n) is 5.93. The summed E-state index contributed by atoms with van der Waals surface area (Å²) in [6.45, 7) is 5.07. The van der Waals surface area contributed by atoms with Crippen LogP contribution < -0.4 is 5.56 Å². The number of hydrogen-bond donors (Lipinski definition) is 0. The molecular weight excluding hydrogens is 336 g/mol. The number of fused-ring (bicyclic) bond motifs is 1. The molecule has 2 heterocycles. The van der Waals surface area contributed by atoms with Crippen LogP contribution in [0.5, 0.6) is 0 Å². The van der Waals surface area contributed by atoms with Crippen molar-refractivity contribution in [2.45, 2.75) is 24.5 Å². The topological polar surface area (TPSA) is 71.2 Å². The first-order chi connectivity index (χ1) is 12.3. The molecule has 0 radical (unpaired) electrons. The molecule has 0 bridgehead atoms. The van der Waals surface area contributed by atoms with Crippen LogP contribution in [0.4, 0.5) is 0 Å². The van der Waals surface area contributed by atoms with Crippen molar-refractivity contribution in [2.24, 2.45) is 0 Å². The summed E-state index contributed by atoms with van der Waals surface area (Å²) in [5.74, 6) is 0.644. The lowest BCUT2D eigenvalue weighted by Crippen LogP contribution is -2.37. The van der Waals surface area contributed by atoms with E-state index in [4.69, 9.17) is 10.00 Å². The maximum Gasteiger partial charge on any atom is 0.262 e. The smallest absolute Gasteiger partial charge is 0.262 e. The van der Waals surface area contributed by atoms with Gasteiger partial charge in [0.2, 0.25) is 0 Å². The summed E-state index contributed by atoms with van der Waals surface area (Å²) in [5, 5.41) is 10.1. The third-order valence-electron chi connectivity index (χ3n) is 4.23. The van der Waals surface area contributed by atoms with Crippen molar-refractivity contribution in [1.82, 2.24) is 14.5 Å². The van der Waals surface area contributed by atoms with E-state index in [1.165, 1.54) is 11.8 Å². The summed E-state index contributed by atoms with van der Waals surface area (Å²) in [7, 11) is 0. The van der Waals surface area contributed by atoms with Crippen LogP contribution in [0.2, 0.25) is 0 Å². The Kier molecular flexibility index (Phi) is 6.45. The predicted octanol–water partition coefficient (Wildman–Crippen LogP) is 2.12. The van der Waals surface area contributed by atoms with Crippen molar-refractivity contribution in [3.8, 4) is 6.07 Å². The van der Waals surface area contributed by atoms with Gasteiger partial charge in [0.1, 0.15) is 0 Å². The first-order valence-corrected chi connectivity index (χ1v) is 9.57. The number of benzene rings is 1. The van der Waals surface area contributed by atoms with Gasteiger partial charge in [0, 0.05) is 38.4 Å². The van der Waals surface area contributed by atoms with Gasteiger partial charge in [-0.05, 0) is 18.6 Å². The maximum atomic E-state index is 12.9. The summed E-state index contributed by atoms with van der Waals surface area (Å²) in [6, 6.07) is 9.59. The number of rotatable bonds is 7. The fourth-order valence-electron chi connectivity index (χ4n) is 2.92. The minimum atomic E-state index is 0.00651. The van der Waals surface area contributed by atoms with Crippen molar-refractivity contribution in [2.75, 3.05) is 38.6 Å². The molecule has 1 fully saturated rings. The van der Waals surface area contributed by atoms with Crippen LogP contribution in [-0.4, -0.2) is 53.1 Å². The van der Waals surface area contributed by atoms with E-state index >= 15 is 0 Å². The Labute approximate surface area is 151 Å². The maximum absolute atomic E-state index is 12.9. The molecule has 7 heteroatoms. The van der Waals surface area contributed by atoms with Crippen LogP contribution in [0.15, 0.2) is 34.2 Å². The molecule has 0 unspecified atom stereocenters. The van der Waals surface area contributed by atoms with E-state index in [9.17, 15) is 4.79 Å². The molecular formula is C18H22N4O2S. The first kappa shape index (κ1) is 17.9. The second kappa shape index (κ2) is 8.99. The van der Waals surface area contributed by atoms with Crippen molar-refractivity contribution < 1.29 is 4.74 Å². The third-order valence-corrected chi connectivity index (χ3v) is 5.21. The molecule has 1 saturated heterocycles. The molecule has 1 aliphatic rings. The Morgan fingerprint density at radius 1 is 1.24 bits per heavy atom. The van der Waals surface area contributed by atoms with Gasteiger partial charge in [0.15, 0.2) is 5.16 Å². The number of aromatic nitrogens is 2. The molecule has 1 aromatic carbocycles. The normalized spacial score (nSPS) is 15.3. The number of thioether (sulfide) groups is 1. The molecule has 0 N–H and O–H groups in total. The van der Waals surface area contributed by atoms with Crippen LogP contribution >= 0.6 is 11.8 Å². The van der Waals surface area contributed by atoms with Crippen LogP contribution in [0.3, 0.4) is 0 Å². The van der Waals surface area contributed by atoms with Gasteiger partial charge in [-0.25, -0.2) is 4.98 Å². The zero-order valence-electron chi connectivity index (χ0n) is 14.2. The summed E-state index contributed by atoms with van der Waals surface area (Å²) in [6.07, 6.45) is 1.34. The van der Waals surface area contributed by atoms with E-state index in [0.29, 0.717) is 29.3 Å². The van der Waals surface area contributed by atoms with Crippen LogP contribution in [0.1, 0.15) is 12.8 Å². The quantitative estimate of drug-likeness (QED) is 0.429. The largest absolute Gasteiger partial charge is 0.379 e. The van der Waals surface area contributed by atoms with Gasteiger partial charge in [0.05, 0.1) is 30.2 Å². The van der Waals surface area contributed by atoms with Gasteiger partial charge in [-0.2, -0.15) is 5.26 Å². The summed E-state index contributed by atoms with van der Waals surface area (Å²) in [4.78, 5) is 19.9. The average Bonchev–Trinajstić information content (AvgIpc) is 2.65. The number of ether oxygens (including phenoxy) is 1. The summed E-state index contributed by atoms with van der Waals surface area (Å²) in [5.41, 5.74) is 0.725. The Hall–Kier alpha value is -1.88. The van der Waals surface area contributed by atoms with E-state index in [-0.39, 0.29) is 5.56 Å². The van der Waals surface area contributed by atoms with Crippen LogP contribution in [0.25, 0.3) is 10.9 Å². The van der Waals surface area contributed by atoms with E-state index in [2.05, 4.69) is 16.0 Å². The van der Waals surface area contributed by atoms with Gasteiger partial charge in [-0.3, -0.25) is 14.3 Å². The SMILES string of the molecule is N#CCCSc1nc2ccccc2c(=O)n1CCCN1CCOCC1. The summed E-state index contributed by atoms with van der Waals surface area (Å²) < 4.78 is 7.14. The van der Waals surface area contributed by atoms with Gasteiger partial charge < -0.3 is 4.74 Å². The number of nitrogens with zero attached hydrogens (tertiary/aromatic N) is 4. The van der Waals surface area contributed by atoms with Gasteiger partial charge >= 0.3 is 0 Å². The van der Waals surface area contributed by atoms with Crippen molar-refractivity contribution in [1.29, 1.82) is 5.26 Å². The van der Waals surface area contributed by atoms with E-state index in [1.807, 2.05) is 24.3 Å². The lowest BCUT2D eigenvalue weighted by atomic mass is 10.2. The molecule has 0 saturated carbocycles. The first-order valence-electron chi connectivity index (χ1n) is 8.59. The molecule has 0 aliphatic carbocycles. The molecule has 132 valence electrons. The monoisotopic (exact) mass is 358 g/mol. The van der Waals surface area contributed by atoms with Crippen molar-refractivity contribution >= 4 is 22.7 Å². The molecule has 0 atom stereocenters. The van der Waals surface area contributed by atoms with Gasteiger partial charge in [0.25, 0.3) is 5.56 Å². The Morgan fingerprint density at radius 2 is 2.04 bits per heavy atom. The highest BCUT2D eigenvalue weighted by atomic mass is 32.2. The molecule has 1 aliphatic heterocycles. The minimum absolute atomic E-state index is 0.00651. The van der Waals surface area contributed by atoms with Crippen LogP contribution in [0, 0.1) is 11.3 Å². The molecule has 0 spiro atoms. The number of nitriles is 1. The van der Waals surface area contributed by atoms with Crippen molar-refractivity contribution in [3.63, 3.8) is 0 Å². The standard InChI is InChI=1S/C18H22N4O2S/c19-7-3-14-25-18-20-16-6-2-1-5-15(16)17(23)22(18)9-4-8-21-10-12-24-13-11-21/h1-2,5-6H,3-4,8-14H2. The molecule has 0 amide bonds. The average molecular weight is 358 g/mol. The molecule has 6 nitrogen and oxygen atoms in total. The zero-order chi connectivity index (χ0) is 17.5. The van der Waals surface area contributed by atoms with Crippen molar-refractivity contribution in [3.05, 3.63) is 34.6 Å². The molecule has 2 aromatic rings. The second-order valence-corrected chi connectivity index (χ2v) is 6.99. The minimum Gasteiger partial charge on any atom is -0.379 e. The van der Waals surface area contributed by atoms with Crippen LogP contribution in [-0.2, 0) is 11.3 Å². The highest BCUT2D eigenvalue weighted by Crippen LogP contribution is 2.18. The highest BCUT2D eigenvalue weighted by molar-refractivity contribution is 7.99. The van der Waals surface area contributed by atoms with E-state index < -0.39 is 0 Å². The molecule has 3 rings (SSSR count). The van der Waals surface area contributed by atoms with E-state index in [0.717, 1.165) is 44.8 Å². The molecule has 1 aromatic heterocycles. The predicted molar refractivity (Wildman–Crippen MR) is 98.8 cm³/mol. The third kappa shape index (κ3) is 4.60. The lowest BCUT2D eigenvalue weighted by molar-refractivity contribution is 0.0368. The number of para-hydroxylation sites is 1. The Morgan fingerprint density at radius 3 is 2.84 bits per heavy atom. The summed E-state index contributed by atoms with van der Waals surface area (Å²) >= 11 is 1.48. The lowest BCUT2D eigenvalue weighted by Gasteiger charge is -2.26. The zero-order valence-corrected chi connectivity index (χ0v) is 15.0. The van der Waals surface area contributed by atoms with Gasteiger partial charge in [-0.15, -0.1) is 0 Å².